The average Bonchev–Trinajstić information content (AvgIpc) is 2.66. The van der Waals surface area contributed by atoms with Gasteiger partial charge in [-0.2, -0.15) is 0 Å². The van der Waals surface area contributed by atoms with E-state index in [9.17, 15) is 19.5 Å². The van der Waals surface area contributed by atoms with Crippen LogP contribution in [0, 0.1) is 0 Å². The van der Waals surface area contributed by atoms with Crippen molar-refractivity contribution in [1.29, 1.82) is 0 Å². The van der Waals surface area contributed by atoms with Crippen molar-refractivity contribution < 1.29 is 29.0 Å². The van der Waals surface area contributed by atoms with Gasteiger partial charge in [-0.25, -0.2) is 9.59 Å². The quantitative estimate of drug-likeness (QED) is 0.583. The van der Waals surface area contributed by atoms with Gasteiger partial charge in [0.2, 0.25) is 0 Å². The number of aliphatic hydroxyl groups is 1. The molecule has 6 nitrogen and oxygen atoms in total. The number of hydrogen-bond acceptors (Lipinski definition) is 6. The molecule has 0 fully saturated rings. The van der Waals surface area contributed by atoms with Crippen molar-refractivity contribution in [1.82, 2.24) is 0 Å². The Bertz CT molecular complexity index is 698. The predicted molar refractivity (Wildman–Crippen MR) is 89.1 cm³/mol. The minimum Gasteiger partial charge on any atom is -0.459 e. The number of ether oxygens (including phenoxy) is 2. The van der Waals surface area contributed by atoms with Crippen molar-refractivity contribution in [3.8, 4) is 0 Å². The van der Waals surface area contributed by atoms with E-state index in [4.69, 9.17) is 9.47 Å². The Hall–Kier alpha value is -2.99. The van der Waals surface area contributed by atoms with E-state index in [1.165, 1.54) is 0 Å². The van der Waals surface area contributed by atoms with Crippen LogP contribution in [0.2, 0.25) is 0 Å². The van der Waals surface area contributed by atoms with Crippen LogP contribution in [0.4, 0.5) is 0 Å². The molecule has 25 heavy (non-hydrogen) atoms. The van der Waals surface area contributed by atoms with Crippen LogP contribution in [-0.4, -0.2) is 42.1 Å². The van der Waals surface area contributed by atoms with Crippen LogP contribution < -0.4 is 0 Å². The zero-order valence-corrected chi connectivity index (χ0v) is 13.4. The van der Waals surface area contributed by atoms with Gasteiger partial charge in [-0.15, -0.1) is 0 Å². The highest BCUT2D eigenvalue weighted by Crippen LogP contribution is 2.11. The van der Waals surface area contributed by atoms with Gasteiger partial charge in [0.1, 0.15) is 25.1 Å². The number of aldehydes is 1. The molecule has 0 radical (unpaired) electrons. The SMILES string of the molecule is O=CC[C@H](OC(=O)c1ccccc1)[C@H](O)COC(=O)c1ccccc1. The Morgan fingerprint density at radius 3 is 1.96 bits per heavy atom. The highest BCUT2D eigenvalue weighted by atomic mass is 16.6. The van der Waals surface area contributed by atoms with Gasteiger partial charge in [0.05, 0.1) is 11.1 Å². The summed E-state index contributed by atoms with van der Waals surface area (Å²) < 4.78 is 10.2. The molecule has 0 unspecified atom stereocenters. The summed E-state index contributed by atoms with van der Waals surface area (Å²) >= 11 is 0. The van der Waals surface area contributed by atoms with Crippen LogP contribution >= 0.6 is 0 Å². The van der Waals surface area contributed by atoms with Gasteiger partial charge in [-0.3, -0.25) is 0 Å². The molecule has 2 aromatic rings. The minimum atomic E-state index is -1.31. The standard InChI is InChI=1S/C19H18O6/c20-12-11-17(25-19(23)15-9-5-2-6-10-15)16(21)13-24-18(22)14-7-3-1-4-8-14/h1-10,12,16-17,21H,11,13H2/t16-,17+/m1/s1. The number of esters is 2. The lowest BCUT2D eigenvalue weighted by atomic mass is 10.1. The zero-order chi connectivity index (χ0) is 18.1. The van der Waals surface area contributed by atoms with Gasteiger partial charge in [-0.1, -0.05) is 36.4 Å². The van der Waals surface area contributed by atoms with E-state index in [2.05, 4.69) is 0 Å². The maximum atomic E-state index is 12.0. The van der Waals surface area contributed by atoms with Crippen LogP contribution in [0.15, 0.2) is 60.7 Å². The monoisotopic (exact) mass is 342 g/mol. The molecule has 0 spiro atoms. The first-order valence-corrected chi connectivity index (χ1v) is 7.71. The van der Waals surface area contributed by atoms with E-state index in [0.29, 0.717) is 17.4 Å². The van der Waals surface area contributed by atoms with E-state index in [1.807, 2.05) is 0 Å². The van der Waals surface area contributed by atoms with Gasteiger partial charge in [-0.05, 0) is 24.3 Å². The Kier molecular flexibility index (Phi) is 6.86. The van der Waals surface area contributed by atoms with Gasteiger partial charge in [0.15, 0.2) is 0 Å². The molecule has 6 heteroatoms. The third-order valence-corrected chi connectivity index (χ3v) is 3.42. The molecular weight excluding hydrogens is 324 g/mol. The van der Waals surface area contributed by atoms with Crippen molar-refractivity contribution in [3.63, 3.8) is 0 Å². The molecule has 0 aliphatic rings. The van der Waals surface area contributed by atoms with Crippen LogP contribution in [0.3, 0.4) is 0 Å². The maximum Gasteiger partial charge on any atom is 0.338 e. The summed E-state index contributed by atoms with van der Waals surface area (Å²) in [6.07, 6.45) is -2.09. The Labute approximate surface area is 145 Å². The number of rotatable bonds is 8. The van der Waals surface area contributed by atoms with E-state index in [1.54, 1.807) is 60.7 Å². The van der Waals surface area contributed by atoms with Gasteiger partial charge < -0.3 is 19.4 Å². The smallest absolute Gasteiger partial charge is 0.338 e. The molecule has 0 aliphatic heterocycles. The second kappa shape index (κ2) is 9.34. The molecule has 0 heterocycles. The second-order valence-electron chi connectivity index (χ2n) is 5.24. The van der Waals surface area contributed by atoms with Crippen molar-refractivity contribution in [2.24, 2.45) is 0 Å². The van der Waals surface area contributed by atoms with Crippen LogP contribution in [0.5, 0.6) is 0 Å². The first-order valence-electron chi connectivity index (χ1n) is 7.71. The summed E-state index contributed by atoms with van der Waals surface area (Å²) in [4.78, 5) is 34.7. The number of aliphatic hydroxyl groups excluding tert-OH is 1. The summed E-state index contributed by atoms with van der Waals surface area (Å²) in [6, 6.07) is 16.5. The topological polar surface area (TPSA) is 89.9 Å². The molecule has 0 aromatic heterocycles. The van der Waals surface area contributed by atoms with Gasteiger partial charge in [0.25, 0.3) is 0 Å². The normalized spacial score (nSPS) is 12.7. The average molecular weight is 342 g/mol. The third-order valence-electron chi connectivity index (χ3n) is 3.42. The molecule has 2 rings (SSSR count). The number of benzene rings is 2. The van der Waals surface area contributed by atoms with Crippen LogP contribution in [0.1, 0.15) is 27.1 Å². The van der Waals surface area contributed by atoms with Gasteiger partial charge in [0, 0.05) is 6.42 Å². The lowest BCUT2D eigenvalue weighted by Crippen LogP contribution is -2.36. The molecule has 130 valence electrons. The Morgan fingerprint density at radius 1 is 0.920 bits per heavy atom. The highest BCUT2D eigenvalue weighted by Gasteiger charge is 2.25. The molecule has 0 saturated heterocycles. The molecule has 0 amide bonds. The zero-order valence-electron chi connectivity index (χ0n) is 13.4. The molecule has 0 aliphatic carbocycles. The van der Waals surface area contributed by atoms with Crippen molar-refractivity contribution in [2.75, 3.05) is 6.61 Å². The minimum absolute atomic E-state index is 0.206. The van der Waals surface area contributed by atoms with E-state index in [0.717, 1.165) is 0 Å². The second-order valence-corrected chi connectivity index (χ2v) is 5.24. The number of hydrogen-bond donors (Lipinski definition) is 1. The largest absolute Gasteiger partial charge is 0.459 e. The van der Waals surface area contributed by atoms with Gasteiger partial charge >= 0.3 is 11.9 Å². The first kappa shape index (κ1) is 18.4. The fourth-order valence-corrected chi connectivity index (χ4v) is 2.08. The number of carbonyl (C=O) groups excluding carboxylic acids is 3. The lowest BCUT2D eigenvalue weighted by Gasteiger charge is -2.21. The summed E-state index contributed by atoms with van der Waals surface area (Å²) in [5.41, 5.74) is 0.634. The fourth-order valence-electron chi connectivity index (χ4n) is 2.08. The summed E-state index contributed by atoms with van der Waals surface area (Å²) in [7, 11) is 0. The van der Waals surface area contributed by atoms with Crippen LogP contribution in [-0.2, 0) is 14.3 Å². The third kappa shape index (κ3) is 5.54. The van der Waals surface area contributed by atoms with Crippen molar-refractivity contribution in [3.05, 3.63) is 71.8 Å². The highest BCUT2D eigenvalue weighted by molar-refractivity contribution is 5.90. The van der Waals surface area contributed by atoms with Crippen LogP contribution in [0.25, 0.3) is 0 Å². The van der Waals surface area contributed by atoms with E-state index in [-0.39, 0.29) is 6.42 Å². The first-order chi connectivity index (χ1) is 12.1. The fraction of sp³-hybridized carbons (Fsp3) is 0.211. The Morgan fingerprint density at radius 2 is 1.44 bits per heavy atom. The summed E-state index contributed by atoms with van der Waals surface area (Å²) in [6.45, 7) is -0.395. The van der Waals surface area contributed by atoms with Crippen molar-refractivity contribution >= 4 is 18.2 Å². The maximum absolute atomic E-state index is 12.0. The number of carbonyl (C=O) groups is 3. The molecule has 0 bridgehead atoms. The summed E-state index contributed by atoms with van der Waals surface area (Å²) in [5, 5.41) is 10.1. The Balaban J connectivity index is 1.93. The van der Waals surface area contributed by atoms with E-state index >= 15 is 0 Å². The molecule has 2 atom stereocenters. The molecular formula is C19H18O6. The van der Waals surface area contributed by atoms with Crippen molar-refractivity contribution in [2.45, 2.75) is 18.6 Å². The molecule has 0 saturated carbocycles. The molecule has 2 aromatic carbocycles. The lowest BCUT2D eigenvalue weighted by molar-refractivity contribution is -0.112. The molecule has 1 N–H and O–H groups in total. The predicted octanol–water partition coefficient (Wildman–Crippen LogP) is 2.02. The van der Waals surface area contributed by atoms with E-state index < -0.39 is 30.8 Å². The summed E-state index contributed by atoms with van der Waals surface area (Å²) in [5.74, 6) is -1.28.